The van der Waals surface area contributed by atoms with Crippen LogP contribution in [-0.2, 0) is 20.9 Å². The number of carbonyl (C=O) groups excluding carboxylic acids is 2. The van der Waals surface area contributed by atoms with Crippen LogP contribution in [0, 0.1) is 5.41 Å². The van der Waals surface area contributed by atoms with E-state index in [-0.39, 0.29) is 17.8 Å². The first-order valence-corrected chi connectivity index (χ1v) is 11.9. The molecule has 2 aliphatic rings. The van der Waals surface area contributed by atoms with Gasteiger partial charge in [-0.1, -0.05) is 31.5 Å². The van der Waals surface area contributed by atoms with Crippen LogP contribution in [0.5, 0.6) is 11.5 Å². The lowest BCUT2D eigenvalue weighted by Gasteiger charge is -2.39. The minimum Gasteiger partial charge on any atom is -0.496 e. The summed E-state index contributed by atoms with van der Waals surface area (Å²) in [5, 5.41) is 3.96. The zero-order valence-corrected chi connectivity index (χ0v) is 21.4. The number of carbonyl (C=O) groups is 2. The molecular formula is C28H30ClNO5. The summed E-state index contributed by atoms with van der Waals surface area (Å²) in [5.41, 5.74) is 4.08. The fourth-order valence-electron chi connectivity index (χ4n) is 4.93. The van der Waals surface area contributed by atoms with Gasteiger partial charge in [-0.25, -0.2) is 4.79 Å². The van der Waals surface area contributed by atoms with E-state index in [9.17, 15) is 9.59 Å². The van der Waals surface area contributed by atoms with Crippen LogP contribution in [0.15, 0.2) is 65.0 Å². The molecule has 184 valence electrons. The number of dihydropyridines is 1. The highest BCUT2D eigenvalue weighted by molar-refractivity contribution is 6.30. The molecular weight excluding hydrogens is 466 g/mol. The van der Waals surface area contributed by atoms with Crippen LogP contribution in [-0.4, -0.2) is 26.0 Å². The summed E-state index contributed by atoms with van der Waals surface area (Å²) >= 11 is 5.98. The molecule has 4 rings (SSSR count). The highest BCUT2D eigenvalue weighted by atomic mass is 35.5. The van der Waals surface area contributed by atoms with Crippen molar-refractivity contribution in [1.29, 1.82) is 0 Å². The Labute approximate surface area is 210 Å². The van der Waals surface area contributed by atoms with Crippen LogP contribution < -0.4 is 14.8 Å². The SMILES string of the molecule is COC(=O)C1=C(C)NC2=C(C(=O)CC(C)(C)C2)[C@@H]1c1ccc(OC)c(COc2ccc(Cl)cc2)c1. The number of benzene rings is 2. The second-order valence-corrected chi connectivity index (χ2v) is 10.2. The lowest BCUT2D eigenvalue weighted by Crippen LogP contribution is -2.38. The summed E-state index contributed by atoms with van der Waals surface area (Å²) in [6.45, 7) is 6.26. The normalized spacial score (nSPS) is 19.1. The molecule has 0 unspecified atom stereocenters. The first kappa shape index (κ1) is 24.9. The quantitative estimate of drug-likeness (QED) is 0.518. The van der Waals surface area contributed by atoms with Crippen LogP contribution in [0.2, 0.25) is 5.02 Å². The van der Waals surface area contributed by atoms with Gasteiger partial charge in [0.15, 0.2) is 5.78 Å². The van der Waals surface area contributed by atoms with Crippen molar-refractivity contribution in [3.63, 3.8) is 0 Å². The number of methoxy groups -OCH3 is 2. The summed E-state index contributed by atoms with van der Waals surface area (Å²) < 4.78 is 16.7. The molecule has 1 aliphatic heterocycles. The van der Waals surface area contributed by atoms with Gasteiger partial charge in [0.05, 0.1) is 19.8 Å². The van der Waals surface area contributed by atoms with Gasteiger partial charge in [-0.15, -0.1) is 0 Å². The number of Topliss-reactive ketones (excluding diaryl/α,β-unsaturated/α-hetero) is 1. The Balaban J connectivity index is 1.78. The lowest BCUT2D eigenvalue weighted by molar-refractivity contribution is -0.136. The maximum absolute atomic E-state index is 13.4. The second-order valence-electron chi connectivity index (χ2n) is 9.74. The zero-order chi connectivity index (χ0) is 25.3. The Morgan fingerprint density at radius 2 is 1.83 bits per heavy atom. The van der Waals surface area contributed by atoms with Gasteiger partial charge in [-0.3, -0.25) is 4.79 Å². The van der Waals surface area contributed by atoms with E-state index in [2.05, 4.69) is 19.2 Å². The summed E-state index contributed by atoms with van der Waals surface area (Å²) in [4.78, 5) is 26.3. The van der Waals surface area contributed by atoms with Crippen molar-refractivity contribution in [3.05, 3.63) is 81.2 Å². The Bertz CT molecular complexity index is 1230. The molecule has 0 saturated heterocycles. The van der Waals surface area contributed by atoms with Crippen molar-refractivity contribution < 1.29 is 23.8 Å². The number of allylic oxidation sites excluding steroid dienone is 3. The highest BCUT2D eigenvalue weighted by Crippen LogP contribution is 2.47. The molecule has 1 aliphatic carbocycles. The third-order valence-corrected chi connectivity index (χ3v) is 6.74. The maximum atomic E-state index is 13.4. The van der Waals surface area contributed by atoms with E-state index < -0.39 is 11.9 Å². The molecule has 35 heavy (non-hydrogen) atoms. The molecule has 7 heteroatoms. The van der Waals surface area contributed by atoms with Crippen LogP contribution in [0.1, 0.15) is 50.7 Å². The number of esters is 1. The van der Waals surface area contributed by atoms with Crippen molar-refractivity contribution in [2.75, 3.05) is 14.2 Å². The molecule has 1 atom stereocenters. The third-order valence-electron chi connectivity index (χ3n) is 6.49. The Morgan fingerprint density at radius 1 is 1.11 bits per heavy atom. The molecule has 0 aromatic heterocycles. The van der Waals surface area contributed by atoms with E-state index >= 15 is 0 Å². The molecule has 0 radical (unpaired) electrons. The Kier molecular flexibility index (Phi) is 6.95. The predicted octanol–water partition coefficient (Wildman–Crippen LogP) is 5.70. The summed E-state index contributed by atoms with van der Waals surface area (Å²) in [6, 6.07) is 12.8. The van der Waals surface area contributed by atoms with Gasteiger partial charge in [0, 0.05) is 39.9 Å². The minimum absolute atomic E-state index is 0.0393. The number of halogens is 1. The van der Waals surface area contributed by atoms with Crippen molar-refractivity contribution in [3.8, 4) is 11.5 Å². The molecule has 1 heterocycles. The summed E-state index contributed by atoms with van der Waals surface area (Å²) in [7, 11) is 2.96. The molecule has 2 aromatic carbocycles. The van der Waals surface area contributed by atoms with E-state index in [0.717, 1.165) is 23.2 Å². The Hall–Kier alpha value is -3.25. The lowest BCUT2D eigenvalue weighted by atomic mass is 9.68. The molecule has 2 aromatic rings. The molecule has 0 spiro atoms. The van der Waals surface area contributed by atoms with Gasteiger partial charge >= 0.3 is 5.97 Å². The number of ether oxygens (including phenoxy) is 3. The summed E-state index contributed by atoms with van der Waals surface area (Å²) in [6.07, 6.45) is 1.14. The smallest absolute Gasteiger partial charge is 0.336 e. The Morgan fingerprint density at radius 3 is 2.49 bits per heavy atom. The minimum atomic E-state index is -0.539. The van der Waals surface area contributed by atoms with Crippen LogP contribution in [0.4, 0.5) is 0 Å². The molecule has 0 bridgehead atoms. The van der Waals surface area contributed by atoms with Crippen molar-refractivity contribution >= 4 is 23.4 Å². The van der Waals surface area contributed by atoms with Crippen LogP contribution in [0.25, 0.3) is 0 Å². The van der Waals surface area contributed by atoms with Gasteiger partial charge in [0.25, 0.3) is 0 Å². The summed E-state index contributed by atoms with van der Waals surface area (Å²) in [5.74, 6) is 0.366. The first-order valence-electron chi connectivity index (χ1n) is 11.5. The van der Waals surface area contributed by atoms with Crippen LogP contribution >= 0.6 is 11.6 Å². The molecule has 0 saturated carbocycles. The van der Waals surface area contributed by atoms with E-state index in [4.69, 9.17) is 25.8 Å². The van der Waals surface area contributed by atoms with Gasteiger partial charge in [0.1, 0.15) is 18.1 Å². The van der Waals surface area contributed by atoms with Crippen molar-refractivity contribution in [1.82, 2.24) is 5.32 Å². The first-order chi connectivity index (χ1) is 16.6. The second kappa shape index (κ2) is 9.78. The number of hydrogen-bond acceptors (Lipinski definition) is 6. The molecule has 0 fully saturated rings. The van der Waals surface area contributed by atoms with E-state index in [1.165, 1.54) is 7.11 Å². The third kappa shape index (κ3) is 5.08. The van der Waals surface area contributed by atoms with E-state index in [1.807, 2.05) is 25.1 Å². The van der Waals surface area contributed by atoms with Gasteiger partial charge < -0.3 is 19.5 Å². The number of hydrogen-bond donors (Lipinski definition) is 1. The van der Waals surface area contributed by atoms with Crippen LogP contribution in [0.3, 0.4) is 0 Å². The highest BCUT2D eigenvalue weighted by Gasteiger charge is 2.43. The maximum Gasteiger partial charge on any atom is 0.336 e. The van der Waals surface area contributed by atoms with Crippen molar-refractivity contribution in [2.45, 2.75) is 46.1 Å². The molecule has 1 N–H and O–H groups in total. The average Bonchev–Trinajstić information content (AvgIpc) is 2.81. The fourth-order valence-corrected chi connectivity index (χ4v) is 5.06. The standard InChI is InChI=1S/C28H30ClNO5/c1-16-24(27(32)34-5)25(26-21(30-16)13-28(2,3)14-22(26)31)17-6-11-23(33-4)18(12-17)15-35-20-9-7-19(29)8-10-20/h6-12,25,30H,13-15H2,1-5H3/t25-/m1/s1. The number of ketones is 1. The molecule has 0 amide bonds. The fraction of sp³-hybridized carbons (Fsp3) is 0.357. The largest absolute Gasteiger partial charge is 0.496 e. The van der Waals surface area contributed by atoms with Gasteiger partial charge in [-0.2, -0.15) is 0 Å². The monoisotopic (exact) mass is 495 g/mol. The van der Waals surface area contributed by atoms with E-state index in [1.54, 1.807) is 31.4 Å². The number of nitrogens with one attached hydrogen (secondary N) is 1. The van der Waals surface area contributed by atoms with Gasteiger partial charge in [-0.05, 0) is 60.7 Å². The topological polar surface area (TPSA) is 73.9 Å². The zero-order valence-electron chi connectivity index (χ0n) is 20.7. The number of rotatable bonds is 6. The van der Waals surface area contributed by atoms with E-state index in [0.29, 0.717) is 39.8 Å². The van der Waals surface area contributed by atoms with Gasteiger partial charge in [0.2, 0.25) is 0 Å². The van der Waals surface area contributed by atoms with Crippen molar-refractivity contribution in [2.24, 2.45) is 5.41 Å². The molecule has 6 nitrogen and oxygen atoms in total. The average molecular weight is 496 g/mol. The predicted molar refractivity (Wildman–Crippen MR) is 134 cm³/mol.